The fraction of sp³-hybridized carbons (Fsp3) is 0.333. The van der Waals surface area contributed by atoms with Crippen LogP contribution in [-0.2, 0) is 20.8 Å². The second-order valence-corrected chi connectivity index (χ2v) is 13.0. The van der Waals surface area contributed by atoms with E-state index < -0.39 is 30.4 Å². The second kappa shape index (κ2) is 13.2. The topological polar surface area (TPSA) is 119 Å². The SMILES string of the molecule is CC(C)(C)OC(=O)N[C@H]1CSc2ccc(-c3nnc(N4CCOC(F)(F)C4)o3)cc2N(Cc2ccc(Oc3ccccc3)cc2)C1=O. The molecule has 1 saturated heterocycles. The molecule has 3 heterocycles. The van der Waals surface area contributed by atoms with Crippen molar-refractivity contribution < 1.29 is 37.0 Å². The number of benzene rings is 3. The van der Waals surface area contributed by atoms with Crippen molar-refractivity contribution in [1.29, 1.82) is 0 Å². The first kappa shape index (κ1) is 32.3. The zero-order valence-corrected chi connectivity index (χ0v) is 26.8. The lowest BCUT2D eigenvalue weighted by Crippen LogP contribution is -2.50. The molecule has 14 heteroatoms. The number of alkyl carbamates (subject to hydrolysis) is 1. The standard InChI is InChI=1S/C33H33F2N5O6S/c1-32(2,3)46-31(42)36-25-19-47-27-14-11-22(28-37-38-30(45-28)39-15-16-43-33(34,35)20-39)17-26(27)40(29(25)41)18-21-9-12-24(13-10-21)44-23-7-5-4-6-8-23/h4-14,17,25H,15-16,18-20H2,1-3H3,(H,36,42)/t25-/m0/s1. The molecular weight excluding hydrogens is 632 g/mol. The monoisotopic (exact) mass is 665 g/mol. The Labute approximate surface area is 274 Å². The molecule has 2 aliphatic heterocycles. The van der Waals surface area contributed by atoms with Crippen LogP contribution in [-0.4, -0.2) is 65.4 Å². The Morgan fingerprint density at radius 1 is 1.06 bits per heavy atom. The van der Waals surface area contributed by atoms with Crippen LogP contribution in [0.4, 0.5) is 25.3 Å². The van der Waals surface area contributed by atoms with Gasteiger partial charge in [-0.2, -0.15) is 8.78 Å². The predicted molar refractivity (Wildman–Crippen MR) is 171 cm³/mol. The lowest BCUT2D eigenvalue weighted by Gasteiger charge is -2.30. The van der Waals surface area contributed by atoms with E-state index in [4.69, 9.17) is 13.9 Å². The molecular formula is C33H33F2N5O6S. The van der Waals surface area contributed by atoms with Gasteiger partial charge in [-0.05, 0) is 68.8 Å². The summed E-state index contributed by atoms with van der Waals surface area (Å²) in [5, 5.41) is 10.8. The van der Waals surface area contributed by atoms with E-state index in [2.05, 4.69) is 20.3 Å². The molecule has 1 fully saturated rings. The first-order valence-electron chi connectivity index (χ1n) is 14.9. The zero-order valence-electron chi connectivity index (χ0n) is 25.9. The van der Waals surface area contributed by atoms with Crippen LogP contribution in [0.25, 0.3) is 11.5 Å². The molecule has 0 aliphatic carbocycles. The first-order valence-corrected chi connectivity index (χ1v) is 15.9. The minimum absolute atomic E-state index is 0.0559. The number of alkyl halides is 2. The fourth-order valence-corrected chi connectivity index (χ4v) is 6.05. The van der Waals surface area contributed by atoms with Crippen molar-refractivity contribution in [2.45, 2.75) is 50.0 Å². The molecule has 2 aliphatic rings. The Kier molecular flexibility index (Phi) is 9.06. The minimum atomic E-state index is -3.33. The van der Waals surface area contributed by atoms with Gasteiger partial charge >= 0.3 is 18.2 Å². The van der Waals surface area contributed by atoms with Crippen LogP contribution in [0.3, 0.4) is 0 Å². The summed E-state index contributed by atoms with van der Waals surface area (Å²) in [4.78, 5) is 30.5. The number of halogens is 2. The van der Waals surface area contributed by atoms with Gasteiger partial charge in [-0.1, -0.05) is 35.4 Å². The van der Waals surface area contributed by atoms with E-state index in [-0.39, 0.29) is 43.3 Å². The van der Waals surface area contributed by atoms with Crippen LogP contribution < -0.4 is 19.9 Å². The normalized spacial score (nSPS) is 17.9. The molecule has 2 amide bonds. The summed E-state index contributed by atoms with van der Waals surface area (Å²) >= 11 is 1.41. The molecule has 1 N–H and O–H groups in total. The largest absolute Gasteiger partial charge is 0.457 e. The van der Waals surface area contributed by atoms with Crippen molar-refractivity contribution in [1.82, 2.24) is 15.5 Å². The Morgan fingerprint density at radius 2 is 1.81 bits per heavy atom. The Hall–Kier alpha value is -4.69. The van der Waals surface area contributed by atoms with E-state index in [1.165, 1.54) is 16.7 Å². The predicted octanol–water partition coefficient (Wildman–Crippen LogP) is 6.49. The molecule has 4 aromatic rings. The molecule has 0 radical (unpaired) electrons. The maximum Gasteiger partial charge on any atom is 0.408 e. The van der Waals surface area contributed by atoms with Crippen molar-refractivity contribution >= 4 is 35.5 Å². The van der Waals surface area contributed by atoms with Crippen molar-refractivity contribution in [3.63, 3.8) is 0 Å². The maximum atomic E-state index is 14.1. The number of rotatable bonds is 7. The number of carbonyl (C=O) groups excluding carboxylic acids is 2. The van der Waals surface area contributed by atoms with Crippen molar-refractivity contribution in [2.24, 2.45) is 0 Å². The third kappa shape index (κ3) is 8.00. The molecule has 0 saturated carbocycles. The number of ether oxygens (including phenoxy) is 3. The van der Waals surface area contributed by atoms with Gasteiger partial charge in [-0.3, -0.25) is 4.79 Å². The summed E-state index contributed by atoms with van der Waals surface area (Å²) in [7, 11) is 0. The first-order chi connectivity index (χ1) is 22.4. The number of hydrogen-bond acceptors (Lipinski definition) is 10. The summed E-state index contributed by atoms with van der Waals surface area (Å²) in [5.41, 5.74) is 1.12. The highest BCUT2D eigenvalue weighted by molar-refractivity contribution is 7.99. The van der Waals surface area contributed by atoms with E-state index in [1.807, 2.05) is 60.7 Å². The van der Waals surface area contributed by atoms with Crippen LogP contribution in [0.5, 0.6) is 11.5 Å². The number of carbonyl (C=O) groups is 2. The lowest BCUT2D eigenvalue weighted by atomic mass is 10.1. The number of nitrogens with one attached hydrogen (secondary N) is 1. The number of para-hydroxylation sites is 1. The smallest absolute Gasteiger partial charge is 0.408 e. The number of morpholine rings is 1. The van der Waals surface area contributed by atoms with Crippen LogP contribution in [0, 0.1) is 0 Å². The Morgan fingerprint density at radius 3 is 2.53 bits per heavy atom. The second-order valence-electron chi connectivity index (χ2n) is 12.0. The van der Waals surface area contributed by atoms with Gasteiger partial charge in [-0.15, -0.1) is 16.9 Å². The lowest BCUT2D eigenvalue weighted by molar-refractivity contribution is -0.240. The molecule has 1 aromatic heterocycles. The van der Waals surface area contributed by atoms with Crippen molar-refractivity contribution in [3.05, 3.63) is 78.4 Å². The van der Waals surface area contributed by atoms with Crippen LogP contribution >= 0.6 is 11.8 Å². The van der Waals surface area contributed by atoms with Gasteiger partial charge in [0.25, 0.3) is 5.91 Å². The van der Waals surface area contributed by atoms with E-state index in [1.54, 1.807) is 37.8 Å². The number of thioether (sulfide) groups is 1. The van der Waals surface area contributed by atoms with E-state index >= 15 is 0 Å². The number of amides is 2. The van der Waals surface area contributed by atoms with Gasteiger partial charge in [0, 0.05) is 22.8 Å². The number of fused-ring (bicyclic) bond motifs is 1. The highest BCUT2D eigenvalue weighted by atomic mass is 32.2. The number of aromatic nitrogens is 2. The van der Waals surface area contributed by atoms with E-state index in [0.29, 0.717) is 22.7 Å². The zero-order chi connectivity index (χ0) is 33.2. The molecule has 0 unspecified atom stereocenters. The van der Waals surface area contributed by atoms with Gasteiger partial charge in [0.1, 0.15) is 29.7 Å². The molecule has 0 bridgehead atoms. The van der Waals surface area contributed by atoms with E-state index in [0.717, 1.165) is 10.5 Å². The Bertz CT molecular complexity index is 1730. The third-order valence-corrected chi connectivity index (χ3v) is 8.29. The summed E-state index contributed by atoms with van der Waals surface area (Å²) in [6.45, 7) is 4.69. The summed E-state index contributed by atoms with van der Waals surface area (Å²) in [6, 6.07) is 21.2. The van der Waals surface area contributed by atoms with Gasteiger partial charge in [-0.25, -0.2) is 4.79 Å². The third-order valence-electron chi connectivity index (χ3n) is 7.13. The molecule has 3 aromatic carbocycles. The average Bonchev–Trinajstić information content (AvgIpc) is 3.48. The molecule has 1 atom stereocenters. The Balaban J connectivity index is 1.28. The molecule has 11 nitrogen and oxygen atoms in total. The highest BCUT2D eigenvalue weighted by Gasteiger charge is 2.39. The quantitative estimate of drug-likeness (QED) is 0.235. The van der Waals surface area contributed by atoms with Gasteiger partial charge < -0.3 is 33.7 Å². The number of hydrogen-bond donors (Lipinski definition) is 1. The van der Waals surface area contributed by atoms with Gasteiger partial charge in [0.15, 0.2) is 0 Å². The molecule has 246 valence electrons. The molecule has 6 rings (SSSR count). The molecule has 0 spiro atoms. The minimum Gasteiger partial charge on any atom is -0.457 e. The average molecular weight is 666 g/mol. The van der Waals surface area contributed by atoms with E-state index in [9.17, 15) is 18.4 Å². The van der Waals surface area contributed by atoms with Crippen molar-refractivity contribution in [2.75, 3.05) is 35.2 Å². The molecule has 47 heavy (non-hydrogen) atoms. The van der Waals surface area contributed by atoms with Gasteiger partial charge in [0.05, 0.1) is 18.8 Å². The number of nitrogens with zero attached hydrogens (tertiary/aromatic N) is 4. The fourth-order valence-electron chi connectivity index (χ4n) is 5.00. The van der Waals surface area contributed by atoms with Crippen LogP contribution in [0.15, 0.2) is 82.1 Å². The highest BCUT2D eigenvalue weighted by Crippen LogP contribution is 2.39. The maximum absolute atomic E-state index is 14.1. The van der Waals surface area contributed by atoms with Crippen LogP contribution in [0.1, 0.15) is 26.3 Å². The summed E-state index contributed by atoms with van der Waals surface area (Å²) in [5.74, 6) is 1.36. The van der Waals surface area contributed by atoms with Crippen LogP contribution in [0.2, 0.25) is 0 Å². The van der Waals surface area contributed by atoms with Crippen molar-refractivity contribution in [3.8, 4) is 23.0 Å². The summed E-state index contributed by atoms with van der Waals surface area (Å²) < 4.78 is 49.3. The van der Waals surface area contributed by atoms with Gasteiger partial charge in [0.2, 0.25) is 5.89 Å². The summed E-state index contributed by atoms with van der Waals surface area (Å²) in [6.07, 6.45) is -4.03. The number of anilines is 2.